The summed E-state index contributed by atoms with van der Waals surface area (Å²) < 4.78 is 83.7. The maximum atomic E-state index is 14.6. The first-order valence-corrected chi connectivity index (χ1v) is 11.8. The maximum absolute atomic E-state index is 14.6. The average Bonchev–Trinajstić information content (AvgIpc) is 3.27. The third-order valence-electron chi connectivity index (χ3n) is 5.08. The lowest BCUT2D eigenvalue weighted by Gasteiger charge is -2.31. The fourth-order valence-corrected chi connectivity index (χ4v) is 5.26. The Labute approximate surface area is 186 Å². The zero-order valence-electron chi connectivity index (χ0n) is 16.5. The zero-order valence-corrected chi connectivity index (χ0v) is 18.1. The Bertz CT molecular complexity index is 1180. The van der Waals surface area contributed by atoms with Gasteiger partial charge in [0.2, 0.25) is 5.13 Å². The Kier molecular flexibility index (Phi) is 6.63. The van der Waals surface area contributed by atoms with Gasteiger partial charge in [0.15, 0.2) is 11.6 Å². The van der Waals surface area contributed by atoms with Crippen LogP contribution in [-0.4, -0.2) is 37.6 Å². The van der Waals surface area contributed by atoms with Gasteiger partial charge in [-0.3, -0.25) is 4.72 Å². The zero-order chi connectivity index (χ0) is 22.7. The quantitative estimate of drug-likeness (QED) is 0.545. The monoisotopic (exact) mass is 485 g/mol. The summed E-state index contributed by atoms with van der Waals surface area (Å²) in [4.78, 5) is 2.79. The summed E-state index contributed by atoms with van der Waals surface area (Å²) in [5.74, 6) is -3.15. The van der Waals surface area contributed by atoms with E-state index in [1.54, 1.807) is 12.1 Å². The van der Waals surface area contributed by atoms with Crippen molar-refractivity contribution in [3.8, 4) is 5.75 Å². The van der Waals surface area contributed by atoms with E-state index in [2.05, 4.69) is 9.36 Å². The summed E-state index contributed by atoms with van der Waals surface area (Å²) in [7, 11) is -4.40. The SMILES string of the molecule is O=S(=O)(Nc1ncns1)c1cc(F)c(OCC2COCC[C@H]2c2ccc(F)cc2)cc1F. The van der Waals surface area contributed by atoms with Crippen LogP contribution < -0.4 is 9.46 Å². The molecule has 1 aliphatic rings. The van der Waals surface area contributed by atoms with Crippen molar-refractivity contribution in [2.24, 2.45) is 5.92 Å². The number of benzene rings is 2. The lowest BCUT2D eigenvalue weighted by atomic mass is 9.83. The van der Waals surface area contributed by atoms with Crippen LogP contribution in [0.15, 0.2) is 47.6 Å². The van der Waals surface area contributed by atoms with Gasteiger partial charge >= 0.3 is 0 Å². The second-order valence-electron chi connectivity index (χ2n) is 7.16. The molecule has 2 heterocycles. The number of nitrogens with zero attached hydrogens (tertiary/aromatic N) is 2. The van der Waals surface area contributed by atoms with Crippen molar-refractivity contribution >= 4 is 26.7 Å². The van der Waals surface area contributed by atoms with Crippen molar-refractivity contribution in [3.05, 3.63) is 65.7 Å². The summed E-state index contributed by atoms with van der Waals surface area (Å²) >= 11 is 0.756. The summed E-state index contributed by atoms with van der Waals surface area (Å²) in [6.45, 7) is 0.869. The van der Waals surface area contributed by atoms with Crippen LogP contribution in [-0.2, 0) is 14.8 Å². The molecule has 0 bridgehead atoms. The Morgan fingerprint density at radius 3 is 2.66 bits per heavy atom. The molecule has 2 atom stereocenters. The number of sulfonamides is 1. The van der Waals surface area contributed by atoms with Crippen LogP contribution in [0.25, 0.3) is 0 Å². The van der Waals surface area contributed by atoms with Gasteiger partial charge in [-0.15, -0.1) is 0 Å². The fraction of sp³-hybridized carbons (Fsp3) is 0.300. The predicted octanol–water partition coefficient (Wildman–Crippen LogP) is 3.96. The van der Waals surface area contributed by atoms with Gasteiger partial charge in [-0.2, -0.15) is 4.37 Å². The molecule has 0 amide bonds. The smallest absolute Gasteiger partial charge is 0.266 e. The van der Waals surface area contributed by atoms with Crippen molar-refractivity contribution in [3.63, 3.8) is 0 Å². The summed E-state index contributed by atoms with van der Waals surface area (Å²) in [6.07, 6.45) is 1.80. The van der Waals surface area contributed by atoms with Crippen LogP contribution in [0.4, 0.5) is 18.3 Å². The molecule has 1 saturated heterocycles. The number of rotatable bonds is 7. The van der Waals surface area contributed by atoms with E-state index in [0.717, 1.165) is 23.4 Å². The van der Waals surface area contributed by atoms with E-state index < -0.39 is 32.3 Å². The van der Waals surface area contributed by atoms with Crippen molar-refractivity contribution in [1.82, 2.24) is 9.36 Å². The highest BCUT2D eigenvalue weighted by Gasteiger charge is 2.29. The fourth-order valence-electron chi connectivity index (χ4n) is 3.52. The van der Waals surface area contributed by atoms with Crippen LogP contribution in [0, 0.1) is 23.4 Å². The van der Waals surface area contributed by atoms with Crippen molar-refractivity contribution < 1.29 is 31.1 Å². The van der Waals surface area contributed by atoms with Crippen molar-refractivity contribution in [2.75, 3.05) is 24.5 Å². The molecule has 170 valence electrons. The molecule has 0 aliphatic carbocycles. The van der Waals surface area contributed by atoms with E-state index in [1.165, 1.54) is 12.1 Å². The molecule has 12 heteroatoms. The molecule has 0 spiro atoms. The Morgan fingerprint density at radius 2 is 1.94 bits per heavy atom. The van der Waals surface area contributed by atoms with E-state index in [-0.39, 0.29) is 29.4 Å². The number of nitrogens with one attached hydrogen (secondary N) is 1. The largest absolute Gasteiger partial charge is 0.490 e. The molecular weight excluding hydrogens is 467 g/mol. The maximum Gasteiger partial charge on any atom is 0.266 e. The number of hydrogen-bond donors (Lipinski definition) is 1. The molecule has 4 rings (SSSR count). The Hall–Kier alpha value is -2.70. The first-order chi connectivity index (χ1) is 15.3. The van der Waals surface area contributed by atoms with Gasteiger partial charge in [-0.05, 0) is 30.0 Å². The minimum absolute atomic E-state index is 0.00647. The third-order valence-corrected chi connectivity index (χ3v) is 7.15. The van der Waals surface area contributed by atoms with Crippen LogP contribution in [0.3, 0.4) is 0 Å². The molecule has 1 unspecified atom stereocenters. The number of hydrogen-bond acceptors (Lipinski definition) is 7. The van der Waals surface area contributed by atoms with Gasteiger partial charge in [0.05, 0.1) is 13.2 Å². The molecule has 1 aromatic heterocycles. The minimum atomic E-state index is -4.40. The third kappa shape index (κ3) is 5.03. The molecule has 0 saturated carbocycles. The highest BCUT2D eigenvalue weighted by atomic mass is 32.2. The van der Waals surface area contributed by atoms with Gasteiger partial charge in [0.25, 0.3) is 10.0 Å². The second-order valence-corrected chi connectivity index (χ2v) is 9.59. The summed E-state index contributed by atoms with van der Waals surface area (Å²) in [6, 6.07) is 7.36. The normalized spacial score (nSPS) is 19.0. The number of halogens is 3. The standard InChI is InChI=1S/C20H18F3N3O4S2/c21-14-3-1-12(2-4-14)15-5-6-29-9-13(15)10-30-18-7-17(23)19(8-16(18)22)32(27,28)26-20-24-11-25-31-20/h1-4,7-8,11,13,15H,5-6,9-10H2,(H,24,25,26)/t13?,15-/m0/s1. The van der Waals surface area contributed by atoms with E-state index in [1.807, 2.05) is 4.72 Å². The molecule has 1 fully saturated rings. The van der Waals surface area contributed by atoms with Crippen LogP contribution in [0.1, 0.15) is 17.9 Å². The lowest BCUT2D eigenvalue weighted by Crippen LogP contribution is -2.30. The van der Waals surface area contributed by atoms with Gasteiger partial charge in [0.1, 0.15) is 22.9 Å². The van der Waals surface area contributed by atoms with E-state index in [9.17, 15) is 21.6 Å². The van der Waals surface area contributed by atoms with E-state index in [0.29, 0.717) is 31.8 Å². The number of aromatic nitrogens is 2. The van der Waals surface area contributed by atoms with Gasteiger partial charge in [-0.25, -0.2) is 26.6 Å². The van der Waals surface area contributed by atoms with E-state index in [4.69, 9.17) is 9.47 Å². The van der Waals surface area contributed by atoms with Crippen LogP contribution >= 0.6 is 11.5 Å². The molecule has 1 aliphatic heterocycles. The molecule has 1 N–H and O–H groups in total. The average molecular weight is 486 g/mol. The summed E-state index contributed by atoms with van der Waals surface area (Å²) in [5.41, 5.74) is 0.902. The van der Waals surface area contributed by atoms with Crippen LogP contribution in [0.2, 0.25) is 0 Å². The van der Waals surface area contributed by atoms with Crippen molar-refractivity contribution in [1.29, 1.82) is 0 Å². The molecule has 7 nitrogen and oxygen atoms in total. The second kappa shape index (κ2) is 9.43. The van der Waals surface area contributed by atoms with E-state index >= 15 is 0 Å². The lowest BCUT2D eigenvalue weighted by molar-refractivity contribution is 0.0199. The Morgan fingerprint density at radius 1 is 1.16 bits per heavy atom. The topological polar surface area (TPSA) is 90.4 Å². The first kappa shape index (κ1) is 22.5. The highest BCUT2D eigenvalue weighted by Crippen LogP contribution is 2.33. The molecular formula is C20H18F3N3O4S2. The number of ether oxygens (including phenoxy) is 2. The predicted molar refractivity (Wildman–Crippen MR) is 111 cm³/mol. The minimum Gasteiger partial charge on any atom is -0.490 e. The van der Waals surface area contributed by atoms with Gasteiger partial charge in [0, 0.05) is 36.2 Å². The van der Waals surface area contributed by atoms with Crippen LogP contribution in [0.5, 0.6) is 5.75 Å². The Balaban J connectivity index is 1.49. The number of anilines is 1. The molecule has 2 aromatic carbocycles. The van der Waals surface area contributed by atoms with Gasteiger partial charge < -0.3 is 9.47 Å². The molecule has 32 heavy (non-hydrogen) atoms. The first-order valence-electron chi connectivity index (χ1n) is 9.58. The van der Waals surface area contributed by atoms with Gasteiger partial charge in [-0.1, -0.05) is 12.1 Å². The summed E-state index contributed by atoms with van der Waals surface area (Å²) in [5, 5.41) is -0.0748. The molecule has 0 radical (unpaired) electrons. The van der Waals surface area contributed by atoms with Crippen molar-refractivity contribution in [2.45, 2.75) is 17.2 Å². The highest BCUT2D eigenvalue weighted by molar-refractivity contribution is 7.93. The molecule has 3 aromatic rings.